The van der Waals surface area contributed by atoms with Crippen molar-refractivity contribution in [3.05, 3.63) is 48.5 Å². The average Bonchev–Trinajstić information content (AvgIpc) is 2.38. The maximum Gasteiger partial charge on any atom is 0.175 e. The first-order valence-corrected chi connectivity index (χ1v) is 7.48. The molecule has 0 fully saturated rings. The summed E-state index contributed by atoms with van der Waals surface area (Å²) in [6, 6.07) is 14.8. The molecule has 0 aliphatic heterocycles. The van der Waals surface area contributed by atoms with Crippen molar-refractivity contribution in [1.82, 2.24) is 0 Å². The van der Waals surface area contributed by atoms with Gasteiger partial charge in [-0.3, -0.25) is 0 Å². The lowest BCUT2D eigenvalue weighted by Gasteiger charge is -2.06. The quantitative estimate of drug-likeness (QED) is 0.924. The smallest absolute Gasteiger partial charge is 0.175 e. The molecule has 94 valence electrons. The van der Waals surface area contributed by atoms with Gasteiger partial charge in [-0.1, -0.05) is 24.3 Å². The Morgan fingerprint density at radius 3 is 2.17 bits per heavy atom. The molecule has 0 spiro atoms. The van der Waals surface area contributed by atoms with Crippen molar-refractivity contribution in [1.29, 1.82) is 0 Å². The van der Waals surface area contributed by atoms with Gasteiger partial charge in [-0.25, -0.2) is 8.42 Å². The Hall–Kier alpha value is -1.81. The average molecular weight is 261 g/mol. The molecule has 0 heterocycles. The summed E-state index contributed by atoms with van der Waals surface area (Å²) in [7, 11) is -1.30. The number of anilines is 1. The van der Waals surface area contributed by atoms with Crippen LogP contribution >= 0.6 is 0 Å². The Morgan fingerprint density at radius 1 is 0.944 bits per heavy atom. The molecule has 2 aromatic carbocycles. The van der Waals surface area contributed by atoms with Crippen molar-refractivity contribution < 1.29 is 8.42 Å². The van der Waals surface area contributed by atoms with E-state index in [1.165, 1.54) is 6.26 Å². The van der Waals surface area contributed by atoms with E-state index < -0.39 is 9.84 Å². The van der Waals surface area contributed by atoms with Gasteiger partial charge in [0.2, 0.25) is 0 Å². The van der Waals surface area contributed by atoms with Crippen molar-refractivity contribution in [2.45, 2.75) is 4.90 Å². The van der Waals surface area contributed by atoms with Gasteiger partial charge >= 0.3 is 0 Å². The van der Waals surface area contributed by atoms with E-state index in [1.807, 2.05) is 37.4 Å². The number of hydrogen-bond donors (Lipinski definition) is 1. The predicted molar refractivity (Wildman–Crippen MR) is 74.5 cm³/mol. The lowest BCUT2D eigenvalue weighted by atomic mass is 10.1. The SMILES string of the molecule is CNc1ccc(-c2cccc(S(C)(=O)=O)c2)cc1. The summed E-state index contributed by atoms with van der Waals surface area (Å²) in [5.41, 5.74) is 2.93. The second-order valence-electron chi connectivity index (χ2n) is 4.13. The van der Waals surface area contributed by atoms with Crippen LogP contribution in [0.25, 0.3) is 11.1 Å². The minimum atomic E-state index is -3.16. The van der Waals surface area contributed by atoms with Crippen LogP contribution in [0.5, 0.6) is 0 Å². The van der Waals surface area contributed by atoms with E-state index in [9.17, 15) is 8.42 Å². The fourth-order valence-electron chi connectivity index (χ4n) is 1.74. The normalized spacial score (nSPS) is 11.2. The van der Waals surface area contributed by atoms with Crippen LogP contribution in [0, 0.1) is 0 Å². The Balaban J connectivity index is 2.44. The third-order valence-corrected chi connectivity index (χ3v) is 3.88. The summed E-state index contributed by atoms with van der Waals surface area (Å²) >= 11 is 0. The van der Waals surface area contributed by atoms with Gasteiger partial charge in [0.05, 0.1) is 4.90 Å². The number of benzene rings is 2. The second-order valence-corrected chi connectivity index (χ2v) is 6.14. The topological polar surface area (TPSA) is 46.2 Å². The highest BCUT2D eigenvalue weighted by atomic mass is 32.2. The van der Waals surface area contributed by atoms with E-state index in [0.717, 1.165) is 16.8 Å². The van der Waals surface area contributed by atoms with Gasteiger partial charge in [0, 0.05) is 19.0 Å². The molecule has 18 heavy (non-hydrogen) atoms. The Morgan fingerprint density at radius 2 is 1.61 bits per heavy atom. The first-order valence-electron chi connectivity index (χ1n) is 5.59. The van der Waals surface area contributed by atoms with Crippen molar-refractivity contribution >= 4 is 15.5 Å². The highest BCUT2D eigenvalue weighted by Crippen LogP contribution is 2.23. The van der Waals surface area contributed by atoms with Gasteiger partial charge in [0.15, 0.2) is 9.84 Å². The molecular weight excluding hydrogens is 246 g/mol. The van der Waals surface area contributed by atoms with E-state index in [4.69, 9.17) is 0 Å². The summed E-state index contributed by atoms with van der Waals surface area (Å²) in [5.74, 6) is 0. The Labute approximate surface area is 107 Å². The maximum absolute atomic E-state index is 11.5. The molecule has 0 atom stereocenters. The zero-order chi connectivity index (χ0) is 13.2. The highest BCUT2D eigenvalue weighted by molar-refractivity contribution is 7.90. The number of nitrogens with one attached hydrogen (secondary N) is 1. The molecule has 0 bridgehead atoms. The van der Waals surface area contributed by atoms with E-state index in [0.29, 0.717) is 4.90 Å². The van der Waals surface area contributed by atoms with Crippen LogP contribution in [0.15, 0.2) is 53.4 Å². The predicted octanol–water partition coefficient (Wildman–Crippen LogP) is 2.80. The summed E-state index contributed by atoms with van der Waals surface area (Å²) in [6.45, 7) is 0. The van der Waals surface area contributed by atoms with Gasteiger partial charge in [-0.15, -0.1) is 0 Å². The molecule has 0 aliphatic carbocycles. The Bertz CT molecular complexity index is 646. The van der Waals surface area contributed by atoms with E-state index >= 15 is 0 Å². The van der Waals surface area contributed by atoms with E-state index in [-0.39, 0.29) is 0 Å². The molecule has 0 aliphatic rings. The van der Waals surface area contributed by atoms with Crippen LogP contribution in [0.1, 0.15) is 0 Å². The highest BCUT2D eigenvalue weighted by Gasteiger charge is 2.08. The lowest BCUT2D eigenvalue weighted by Crippen LogP contribution is -1.96. The van der Waals surface area contributed by atoms with E-state index in [1.54, 1.807) is 18.2 Å². The van der Waals surface area contributed by atoms with Crippen LogP contribution in [-0.2, 0) is 9.84 Å². The molecule has 0 radical (unpaired) electrons. The fraction of sp³-hybridized carbons (Fsp3) is 0.143. The summed E-state index contributed by atoms with van der Waals surface area (Å²) in [6.07, 6.45) is 1.22. The first-order chi connectivity index (χ1) is 8.50. The first kappa shape index (κ1) is 12.6. The molecule has 0 unspecified atom stereocenters. The molecule has 2 rings (SSSR count). The van der Waals surface area contributed by atoms with Gasteiger partial charge in [0.25, 0.3) is 0 Å². The standard InChI is InChI=1S/C14H15NO2S/c1-15-13-8-6-11(7-9-13)12-4-3-5-14(10-12)18(2,16)17/h3-10,15H,1-2H3. The molecule has 3 nitrogen and oxygen atoms in total. The molecule has 0 saturated carbocycles. The Kier molecular flexibility index (Phi) is 3.39. The fourth-order valence-corrected chi connectivity index (χ4v) is 2.40. The van der Waals surface area contributed by atoms with Gasteiger partial charge < -0.3 is 5.32 Å². The molecule has 0 amide bonds. The van der Waals surface area contributed by atoms with E-state index in [2.05, 4.69) is 5.32 Å². The minimum Gasteiger partial charge on any atom is -0.388 e. The van der Waals surface area contributed by atoms with Crippen LogP contribution < -0.4 is 5.32 Å². The number of sulfone groups is 1. The molecule has 0 aromatic heterocycles. The van der Waals surface area contributed by atoms with Crippen LogP contribution in [0.3, 0.4) is 0 Å². The van der Waals surface area contributed by atoms with Crippen molar-refractivity contribution in [3.8, 4) is 11.1 Å². The lowest BCUT2D eigenvalue weighted by molar-refractivity contribution is 0.602. The minimum absolute atomic E-state index is 0.345. The summed E-state index contributed by atoms with van der Waals surface area (Å²) < 4.78 is 23.0. The molecule has 4 heteroatoms. The summed E-state index contributed by atoms with van der Waals surface area (Å²) in [5, 5.41) is 3.05. The maximum atomic E-state index is 11.5. The largest absolute Gasteiger partial charge is 0.388 e. The molecule has 0 saturated heterocycles. The van der Waals surface area contributed by atoms with Crippen molar-refractivity contribution in [3.63, 3.8) is 0 Å². The molecule has 1 N–H and O–H groups in total. The molecular formula is C14H15NO2S. The summed E-state index contributed by atoms with van der Waals surface area (Å²) in [4.78, 5) is 0.345. The third-order valence-electron chi connectivity index (χ3n) is 2.77. The monoisotopic (exact) mass is 261 g/mol. The van der Waals surface area contributed by atoms with Crippen molar-refractivity contribution in [2.75, 3.05) is 18.6 Å². The van der Waals surface area contributed by atoms with Crippen molar-refractivity contribution in [2.24, 2.45) is 0 Å². The van der Waals surface area contributed by atoms with Crippen LogP contribution in [0.4, 0.5) is 5.69 Å². The van der Waals surface area contributed by atoms with Gasteiger partial charge in [0.1, 0.15) is 0 Å². The van der Waals surface area contributed by atoms with Crippen LogP contribution in [-0.4, -0.2) is 21.7 Å². The van der Waals surface area contributed by atoms with Crippen LogP contribution in [0.2, 0.25) is 0 Å². The number of hydrogen-bond acceptors (Lipinski definition) is 3. The van der Waals surface area contributed by atoms with Gasteiger partial charge in [-0.05, 0) is 35.4 Å². The zero-order valence-electron chi connectivity index (χ0n) is 10.3. The third kappa shape index (κ3) is 2.71. The molecule has 2 aromatic rings. The zero-order valence-corrected chi connectivity index (χ0v) is 11.2. The number of rotatable bonds is 3. The van der Waals surface area contributed by atoms with Gasteiger partial charge in [-0.2, -0.15) is 0 Å². The second kappa shape index (κ2) is 4.82.